The van der Waals surface area contributed by atoms with Crippen molar-refractivity contribution in [3.8, 4) is 23.0 Å². The third kappa shape index (κ3) is 4.44. The van der Waals surface area contributed by atoms with Gasteiger partial charge in [-0.2, -0.15) is 0 Å². The van der Waals surface area contributed by atoms with Crippen LogP contribution in [0, 0.1) is 23.5 Å². The van der Waals surface area contributed by atoms with Crippen molar-refractivity contribution in [2.45, 2.75) is 39.0 Å². The molecule has 0 saturated heterocycles. The molecule has 0 N–H and O–H groups in total. The van der Waals surface area contributed by atoms with Gasteiger partial charge in [0.25, 0.3) is 5.56 Å². The number of nitrogens with zero attached hydrogens (tertiary/aromatic N) is 1. The van der Waals surface area contributed by atoms with Crippen LogP contribution in [0.15, 0.2) is 34.4 Å². The smallest absolute Gasteiger partial charge is 0.356 e. The Morgan fingerprint density at radius 2 is 1.97 bits per heavy atom. The van der Waals surface area contributed by atoms with Gasteiger partial charge in [0, 0.05) is 29.9 Å². The predicted molar refractivity (Wildman–Crippen MR) is 114 cm³/mol. The number of hydrogen-bond acceptors (Lipinski definition) is 4. The van der Waals surface area contributed by atoms with Crippen molar-refractivity contribution in [3.05, 3.63) is 62.9 Å². The monoisotopic (exact) mass is 429 g/mol. The van der Waals surface area contributed by atoms with Crippen molar-refractivity contribution in [3.63, 3.8) is 0 Å². The Morgan fingerprint density at radius 3 is 2.67 bits per heavy atom. The summed E-state index contributed by atoms with van der Waals surface area (Å²) >= 11 is 1.17. The van der Waals surface area contributed by atoms with Crippen molar-refractivity contribution >= 4 is 22.1 Å². The maximum Gasteiger partial charge on any atom is 0.356 e. The Morgan fingerprint density at radius 1 is 1.17 bits per heavy atom. The number of thiazole rings is 1. The molecule has 0 amide bonds. The van der Waals surface area contributed by atoms with Gasteiger partial charge in [-0.1, -0.05) is 31.8 Å². The standard InChI is InChI=1S/C23H21F2NO3S/c1-3-4-5-6-7-8-9-15-13-20(27)26-19(23(28)29-2)14-30-22(26)21(15)16-10-11-17(24)18(25)12-16/h10-14H,3-6,9H2,1-2H3. The van der Waals surface area contributed by atoms with Crippen LogP contribution >= 0.6 is 11.3 Å². The Labute approximate surface area is 177 Å². The summed E-state index contributed by atoms with van der Waals surface area (Å²) in [5.74, 6) is 3.59. The van der Waals surface area contributed by atoms with E-state index in [0.717, 1.165) is 37.8 Å². The minimum atomic E-state index is -0.988. The van der Waals surface area contributed by atoms with E-state index in [1.54, 1.807) is 0 Å². The quantitative estimate of drug-likeness (QED) is 0.307. The van der Waals surface area contributed by atoms with Crippen LogP contribution in [0.4, 0.5) is 8.78 Å². The molecule has 0 aliphatic rings. The molecule has 0 unspecified atom stereocenters. The molecule has 0 atom stereocenters. The highest BCUT2D eigenvalue weighted by Crippen LogP contribution is 2.33. The van der Waals surface area contributed by atoms with E-state index in [4.69, 9.17) is 4.74 Å². The first-order valence-electron chi connectivity index (χ1n) is 9.63. The molecule has 7 heteroatoms. The lowest BCUT2D eigenvalue weighted by molar-refractivity contribution is 0.0592. The van der Waals surface area contributed by atoms with Gasteiger partial charge in [0.05, 0.1) is 7.11 Å². The number of aromatic nitrogens is 1. The van der Waals surface area contributed by atoms with Crippen LogP contribution in [0.25, 0.3) is 16.0 Å². The summed E-state index contributed by atoms with van der Waals surface area (Å²) in [6, 6.07) is 4.98. The number of fused-ring (bicyclic) bond motifs is 1. The number of unbranched alkanes of at least 4 members (excludes halogenated alkanes) is 3. The van der Waals surface area contributed by atoms with E-state index in [2.05, 4.69) is 18.8 Å². The van der Waals surface area contributed by atoms with Crippen molar-refractivity contribution in [1.82, 2.24) is 4.40 Å². The molecule has 0 aliphatic heterocycles. The second kappa shape index (κ2) is 9.68. The largest absolute Gasteiger partial charge is 0.464 e. The lowest BCUT2D eigenvalue weighted by Gasteiger charge is -2.11. The summed E-state index contributed by atoms with van der Waals surface area (Å²) in [4.78, 5) is 25.3. The average molecular weight is 429 g/mol. The van der Waals surface area contributed by atoms with Gasteiger partial charge in [-0.05, 0) is 29.7 Å². The molecule has 2 heterocycles. The van der Waals surface area contributed by atoms with Gasteiger partial charge in [0.15, 0.2) is 11.6 Å². The van der Waals surface area contributed by atoms with E-state index in [1.807, 2.05) is 0 Å². The van der Waals surface area contributed by atoms with Crippen LogP contribution in [0.3, 0.4) is 0 Å². The van der Waals surface area contributed by atoms with Gasteiger partial charge < -0.3 is 4.74 Å². The van der Waals surface area contributed by atoms with Crippen molar-refractivity contribution in [2.75, 3.05) is 7.11 Å². The molecule has 0 aliphatic carbocycles. The second-order valence-electron chi connectivity index (χ2n) is 6.75. The first-order valence-corrected chi connectivity index (χ1v) is 10.5. The number of carbonyl (C=O) groups excluding carboxylic acids is 1. The van der Waals surface area contributed by atoms with Crippen LogP contribution in [0.1, 0.15) is 48.7 Å². The number of rotatable bonds is 6. The highest BCUT2D eigenvalue weighted by molar-refractivity contribution is 7.16. The van der Waals surface area contributed by atoms with E-state index < -0.39 is 23.2 Å². The molecule has 0 fully saturated rings. The summed E-state index contributed by atoms with van der Waals surface area (Å²) in [6.07, 6.45) is 4.28. The lowest BCUT2D eigenvalue weighted by atomic mass is 9.99. The molecule has 156 valence electrons. The second-order valence-corrected chi connectivity index (χ2v) is 7.61. The molecular formula is C23H21F2NO3S. The normalized spacial score (nSPS) is 10.7. The van der Waals surface area contributed by atoms with E-state index in [0.29, 0.717) is 21.5 Å². The minimum absolute atomic E-state index is 0.0866. The maximum absolute atomic E-state index is 13.9. The van der Waals surface area contributed by atoms with Crippen molar-refractivity contribution in [2.24, 2.45) is 0 Å². The average Bonchev–Trinajstić information content (AvgIpc) is 3.18. The Bertz CT molecular complexity index is 1200. The van der Waals surface area contributed by atoms with Crippen LogP contribution < -0.4 is 5.56 Å². The number of carbonyl (C=O) groups is 1. The Kier molecular flexibility index (Phi) is 7.01. The number of esters is 1. The van der Waals surface area contributed by atoms with Gasteiger partial charge in [-0.25, -0.2) is 13.6 Å². The number of ether oxygens (including phenoxy) is 1. The zero-order valence-corrected chi connectivity index (χ0v) is 17.6. The number of benzene rings is 1. The highest BCUT2D eigenvalue weighted by atomic mass is 32.1. The predicted octanol–water partition coefficient (Wildman–Crippen LogP) is 5.22. The van der Waals surface area contributed by atoms with Crippen LogP contribution in [0.5, 0.6) is 0 Å². The maximum atomic E-state index is 13.9. The number of pyridine rings is 1. The van der Waals surface area contributed by atoms with E-state index >= 15 is 0 Å². The van der Waals surface area contributed by atoms with Crippen molar-refractivity contribution in [1.29, 1.82) is 0 Å². The molecule has 30 heavy (non-hydrogen) atoms. The molecule has 0 spiro atoms. The van der Waals surface area contributed by atoms with Crippen LogP contribution in [0.2, 0.25) is 0 Å². The lowest BCUT2D eigenvalue weighted by Crippen LogP contribution is -2.19. The first kappa shape index (κ1) is 21.7. The fourth-order valence-corrected chi connectivity index (χ4v) is 4.28. The zero-order valence-electron chi connectivity index (χ0n) is 16.8. The first-order chi connectivity index (χ1) is 14.5. The fraction of sp³-hybridized carbons (Fsp3) is 0.304. The molecule has 3 aromatic rings. The molecule has 3 rings (SSSR count). The number of hydrogen-bond donors (Lipinski definition) is 0. The number of methoxy groups -OCH3 is 1. The van der Waals surface area contributed by atoms with Gasteiger partial charge in [0.2, 0.25) is 0 Å². The van der Waals surface area contributed by atoms with Crippen molar-refractivity contribution < 1.29 is 18.3 Å². The highest BCUT2D eigenvalue weighted by Gasteiger charge is 2.20. The summed E-state index contributed by atoms with van der Waals surface area (Å²) in [7, 11) is 1.23. The van der Waals surface area contributed by atoms with E-state index in [1.165, 1.54) is 40.4 Å². The van der Waals surface area contributed by atoms with E-state index in [-0.39, 0.29) is 12.1 Å². The summed E-state index contributed by atoms with van der Waals surface area (Å²) < 4.78 is 33.4. The molecule has 0 bridgehead atoms. The van der Waals surface area contributed by atoms with Crippen LogP contribution in [-0.4, -0.2) is 17.5 Å². The van der Waals surface area contributed by atoms with Gasteiger partial charge in [0.1, 0.15) is 10.5 Å². The van der Waals surface area contributed by atoms with E-state index in [9.17, 15) is 18.4 Å². The minimum Gasteiger partial charge on any atom is -0.464 e. The summed E-state index contributed by atoms with van der Waals surface area (Å²) in [6.45, 7) is 2.12. The molecule has 0 radical (unpaired) electrons. The molecule has 0 saturated carbocycles. The van der Waals surface area contributed by atoms with Gasteiger partial charge >= 0.3 is 5.97 Å². The topological polar surface area (TPSA) is 47.8 Å². The third-order valence-electron chi connectivity index (χ3n) is 4.69. The zero-order chi connectivity index (χ0) is 21.7. The summed E-state index contributed by atoms with van der Waals surface area (Å²) in [5.41, 5.74) is 1.25. The molecular weight excluding hydrogens is 408 g/mol. The van der Waals surface area contributed by atoms with Crippen LogP contribution in [-0.2, 0) is 11.2 Å². The Balaban J connectivity index is 2.16. The number of halogens is 2. The summed E-state index contributed by atoms with van der Waals surface area (Å²) in [5, 5.41) is 1.52. The molecule has 4 nitrogen and oxygen atoms in total. The fourth-order valence-electron chi connectivity index (χ4n) is 3.19. The molecule has 1 aromatic carbocycles. The van der Waals surface area contributed by atoms with Gasteiger partial charge in [-0.15, -0.1) is 17.3 Å². The molecule has 2 aromatic heterocycles. The third-order valence-corrected chi connectivity index (χ3v) is 5.64. The Hall–Kier alpha value is -2.98. The van der Waals surface area contributed by atoms with Gasteiger partial charge in [-0.3, -0.25) is 9.20 Å². The SMILES string of the molecule is CCCCCC#CCc1cc(=O)n2c(C(=O)OC)csc2c1-c1ccc(F)c(F)c1.